The van der Waals surface area contributed by atoms with Gasteiger partial charge in [0, 0.05) is 9.37 Å². The van der Waals surface area contributed by atoms with Crippen LogP contribution in [0, 0.1) is 13.8 Å². The van der Waals surface area contributed by atoms with Gasteiger partial charge >= 0.3 is 0 Å². The monoisotopic (exact) mass is 406 g/mol. The van der Waals surface area contributed by atoms with Crippen molar-refractivity contribution in [1.29, 1.82) is 0 Å². The molecular weight excluding hydrogens is 388 g/mol. The van der Waals surface area contributed by atoms with E-state index in [0.29, 0.717) is 11.5 Å². The number of thioether (sulfide) groups is 1. The lowest BCUT2D eigenvalue weighted by molar-refractivity contribution is -0.118. The molecule has 24 heavy (non-hydrogen) atoms. The van der Waals surface area contributed by atoms with Gasteiger partial charge in [0.25, 0.3) is 0 Å². The molecule has 0 bridgehead atoms. The number of phenolic OH excluding ortho intramolecular Hbond substituents is 1. The Balaban J connectivity index is 1.93. The lowest BCUT2D eigenvalue weighted by Gasteiger charge is -2.08. The third-order valence-corrected chi connectivity index (χ3v) is 5.46. The molecule has 2 rings (SSSR count). The van der Waals surface area contributed by atoms with Crippen LogP contribution in [0.15, 0.2) is 50.9 Å². The van der Waals surface area contributed by atoms with Crippen molar-refractivity contribution in [1.82, 2.24) is 5.43 Å². The Morgan fingerprint density at radius 2 is 1.88 bits per heavy atom. The van der Waals surface area contributed by atoms with Gasteiger partial charge in [-0.1, -0.05) is 15.9 Å². The van der Waals surface area contributed by atoms with E-state index in [1.807, 2.05) is 20.8 Å². The summed E-state index contributed by atoms with van der Waals surface area (Å²) in [5.74, 6) is 0.346. The van der Waals surface area contributed by atoms with E-state index in [-0.39, 0.29) is 11.7 Å². The highest BCUT2D eigenvalue weighted by Crippen LogP contribution is 2.28. The summed E-state index contributed by atoms with van der Waals surface area (Å²) in [5.41, 5.74) is 6.38. The molecule has 0 aromatic heterocycles. The average Bonchev–Trinajstić information content (AvgIpc) is 2.55. The SMILES string of the molecule is CC(=NNC(=O)CSc1cc(C)c(Br)cc1C)c1ccc(O)cc1. The smallest absolute Gasteiger partial charge is 0.250 e. The van der Waals surface area contributed by atoms with Crippen LogP contribution in [0.5, 0.6) is 5.75 Å². The Morgan fingerprint density at radius 3 is 2.54 bits per heavy atom. The molecule has 2 aromatic carbocycles. The van der Waals surface area contributed by atoms with E-state index in [9.17, 15) is 9.90 Å². The van der Waals surface area contributed by atoms with Gasteiger partial charge in [0.05, 0.1) is 11.5 Å². The van der Waals surface area contributed by atoms with Crippen LogP contribution in [0.3, 0.4) is 0 Å². The number of nitrogens with one attached hydrogen (secondary N) is 1. The fourth-order valence-corrected chi connectivity index (χ4v) is 3.35. The second-order valence-corrected chi connectivity index (χ2v) is 7.31. The van der Waals surface area contributed by atoms with E-state index in [1.54, 1.807) is 24.3 Å². The van der Waals surface area contributed by atoms with Crippen molar-refractivity contribution in [2.45, 2.75) is 25.7 Å². The maximum atomic E-state index is 12.0. The van der Waals surface area contributed by atoms with Crippen LogP contribution >= 0.6 is 27.7 Å². The number of amides is 1. The Labute approximate surface area is 154 Å². The minimum Gasteiger partial charge on any atom is -0.508 e. The van der Waals surface area contributed by atoms with Crippen molar-refractivity contribution in [3.05, 3.63) is 57.6 Å². The Kier molecular flexibility index (Phi) is 6.45. The second-order valence-electron chi connectivity index (χ2n) is 5.43. The van der Waals surface area contributed by atoms with Gasteiger partial charge in [0.1, 0.15) is 5.75 Å². The number of hydrogen-bond acceptors (Lipinski definition) is 4. The first-order valence-electron chi connectivity index (χ1n) is 7.39. The summed E-state index contributed by atoms with van der Waals surface area (Å²) in [6.07, 6.45) is 0. The summed E-state index contributed by atoms with van der Waals surface area (Å²) in [7, 11) is 0. The average molecular weight is 407 g/mol. The van der Waals surface area contributed by atoms with Gasteiger partial charge in [-0.15, -0.1) is 11.8 Å². The Morgan fingerprint density at radius 1 is 1.21 bits per heavy atom. The molecule has 0 saturated heterocycles. The number of rotatable bonds is 5. The van der Waals surface area contributed by atoms with E-state index in [2.05, 4.69) is 38.6 Å². The van der Waals surface area contributed by atoms with Gasteiger partial charge in [-0.3, -0.25) is 4.79 Å². The minimum absolute atomic E-state index is 0.155. The van der Waals surface area contributed by atoms with Crippen LogP contribution in [0.25, 0.3) is 0 Å². The summed E-state index contributed by atoms with van der Waals surface area (Å²) in [4.78, 5) is 13.1. The number of benzene rings is 2. The van der Waals surface area contributed by atoms with Gasteiger partial charge in [0.15, 0.2) is 0 Å². The lowest BCUT2D eigenvalue weighted by atomic mass is 10.1. The molecule has 0 aliphatic rings. The summed E-state index contributed by atoms with van der Waals surface area (Å²) in [6.45, 7) is 5.86. The summed E-state index contributed by atoms with van der Waals surface area (Å²) in [6, 6.07) is 10.8. The first-order valence-corrected chi connectivity index (χ1v) is 9.16. The predicted octanol–water partition coefficient (Wildman–Crippen LogP) is 4.40. The largest absolute Gasteiger partial charge is 0.508 e. The molecule has 0 unspecified atom stereocenters. The van der Waals surface area contributed by atoms with Crippen LogP contribution < -0.4 is 5.43 Å². The third kappa shape index (κ3) is 5.11. The van der Waals surface area contributed by atoms with Crippen LogP contribution in [-0.4, -0.2) is 22.5 Å². The molecule has 4 nitrogen and oxygen atoms in total. The molecule has 0 spiro atoms. The van der Waals surface area contributed by atoms with Crippen LogP contribution in [-0.2, 0) is 4.79 Å². The van der Waals surface area contributed by atoms with Gasteiger partial charge in [0.2, 0.25) is 5.91 Å². The second kappa shape index (κ2) is 8.35. The number of nitrogens with zero attached hydrogens (tertiary/aromatic N) is 1. The summed E-state index contributed by atoms with van der Waals surface area (Å²) in [5, 5.41) is 13.4. The number of carbonyl (C=O) groups is 1. The van der Waals surface area contributed by atoms with Crippen molar-refractivity contribution < 1.29 is 9.90 Å². The number of carbonyl (C=O) groups excluding carboxylic acids is 1. The predicted molar refractivity (Wildman–Crippen MR) is 103 cm³/mol. The molecule has 126 valence electrons. The molecule has 0 aliphatic heterocycles. The number of hydrogen-bond donors (Lipinski definition) is 2. The zero-order valence-corrected chi connectivity index (χ0v) is 16.2. The summed E-state index contributed by atoms with van der Waals surface area (Å²) < 4.78 is 1.07. The van der Waals surface area contributed by atoms with Crippen molar-refractivity contribution in [3.63, 3.8) is 0 Å². The lowest BCUT2D eigenvalue weighted by Crippen LogP contribution is -2.21. The van der Waals surface area contributed by atoms with Crippen molar-refractivity contribution in [2.24, 2.45) is 5.10 Å². The van der Waals surface area contributed by atoms with E-state index < -0.39 is 0 Å². The van der Waals surface area contributed by atoms with Gasteiger partial charge in [-0.2, -0.15) is 5.10 Å². The fraction of sp³-hybridized carbons (Fsp3) is 0.222. The first kappa shape index (κ1) is 18.5. The molecular formula is C18H19BrN2O2S. The van der Waals surface area contributed by atoms with Crippen molar-refractivity contribution >= 4 is 39.3 Å². The number of hydrazone groups is 1. The zero-order chi connectivity index (χ0) is 17.7. The third-order valence-electron chi connectivity index (χ3n) is 3.45. The van der Waals surface area contributed by atoms with Crippen molar-refractivity contribution in [3.8, 4) is 5.75 Å². The highest BCUT2D eigenvalue weighted by Gasteiger charge is 2.07. The number of phenols is 1. The molecule has 1 amide bonds. The molecule has 0 radical (unpaired) electrons. The van der Waals surface area contributed by atoms with E-state index in [1.165, 1.54) is 11.8 Å². The normalized spacial score (nSPS) is 11.4. The van der Waals surface area contributed by atoms with Crippen LogP contribution in [0.4, 0.5) is 0 Å². The molecule has 0 aliphatic carbocycles. The Bertz CT molecular complexity index is 773. The topological polar surface area (TPSA) is 61.7 Å². The summed E-state index contributed by atoms with van der Waals surface area (Å²) >= 11 is 5.00. The molecule has 0 heterocycles. The zero-order valence-electron chi connectivity index (χ0n) is 13.8. The molecule has 0 atom stereocenters. The number of halogens is 1. The van der Waals surface area contributed by atoms with Gasteiger partial charge in [-0.25, -0.2) is 5.43 Å². The molecule has 0 saturated carbocycles. The molecule has 2 N–H and O–H groups in total. The van der Waals surface area contributed by atoms with Gasteiger partial charge < -0.3 is 5.11 Å². The van der Waals surface area contributed by atoms with E-state index in [4.69, 9.17) is 0 Å². The van der Waals surface area contributed by atoms with Crippen molar-refractivity contribution in [2.75, 3.05) is 5.75 Å². The quantitative estimate of drug-likeness (QED) is 0.439. The number of aromatic hydroxyl groups is 1. The molecule has 0 fully saturated rings. The molecule has 6 heteroatoms. The van der Waals surface area contributed by atoms with E-state index >= 15 is 0 Å². The Hall–Kier alpha value is -1.79. The highest BCUT2D eigenvalue weighted by atomic mass is 79.9. The first-order chi connectivity index (χ1) is 11.4. The highest BCUT2D eigenvalue weighted by molar-refractivity contribution is 9.10. The molecule has 2 aromatic rings. The van der Waals surface area contributed by atoms with Gasteiger partial charge in [-0.05, 0) is 73.9 Å². The van der Waals surface area contributed by atoms with Crippen LogP contribution in [0.2, 0.25) is 0 Å². The standard InChI is InChI=1S/C18H19BrN2O2S/c1-11-9-17(12(2)8-16(11)19)24-10-18(23)21-20-13(3)14-4-6-15(22)7-5-14/h4-9,22H,10H2,1-3H3,(H,21,23). The maximum absolute atomic E-state index is 12.0. The number of aryl methyl sites for hydroxylation is 2. The minimum atomic E-state index is -0.155. The van der Waals surface area contributed by atoms with Crippen LogP contribution in [0.1, 0.15) is 23.6 Å². The fourth-order valence-electron chi connectivity index (χ4n) is 2.00. The maximum Gasteiger partial charge on any atom is 0.250 e. The van der Waals surface area contributed by atoms with E-state index in [0.717, 1.165) is 26.1 Å².